The van der Waals surface area contributed by atoms with E-state index in [4.69, 9.17) is 23.7 Å². The first-order chi connectivity index (χ1) is 16.0. The zero-order valence-electron chi connectivity index (χ0n) is 20.6. The molecule has 0 aliphatic heterocycles. The Kier molecular flexibility index (Phi) is 9.45. The van der Waals surface area contributed by atoms with E-state index < -0.39 is 30.5 Å². The summed E-state index contributed by atoms with van der Waals surface area (Å²) in [6.07, 6.45) is -0.0658. The number of carbonyl (C=O) groups is 3. The van der Waals surface area contributed by atoms with E-state index in [0.717, 1.165) is 0 Å². The topological polar surface area (TPSA) is 97.4 Å². The fourth-order valence-electron chi connectivity index (χ4n) is 3.13. The molecule has 34 heavy (non-hydrogen) atoms. The molecule has 0 aromatic heterocycles. The number of benzene rings is 2. The molecule has 0 aliphatic carbocycles. The highest BCUT2D eigenvalue weighted by atomic mass is 31.1. The summed E-state index contributed by atoms with van der Waals surface area (Å²) in [6.45, 7) is 5.28. The standard InChI is InChI=1S/C25H31O8P/c1-25(2,3)33-22(26)12-13-34(23(27)18-10-8-16(29-4)14-20(18)31-6)24(28)19-11-9-17(30-5)15-21(19)32-7/h8-11,14-15H,12-13H2,1-7H3. The van der Waals surface area contributed by atoms with Crippen molar-refractivity contribution in [2.45, 2.75) is 32.8 Å². The summed E-state index contributed by atoms with van der Waals surface area (Å²) in [6, 6.07) is 9.51. The van der Waals surface area contributed by atoms with Crippen molar-refractivity contribution in [1.82, 2.24) is 0 Å². The summed E-state index contributed by atoms with van der Waals surface area (Å²) in [5, 5.41) is 0. The highest BCUT2D eigenvalue weighted by Crippen LogP contribution is 2.47. The summed E-state index contributed by atoms with van der Waals surface area (Å²) in [4.78, 5) is 39.6. The van der Waals surface area contributed by atoms with Crippen molar-refractivity contribution >= 4 is 24.9 Å². The summed E-state index contributed by atoms with van der Waals surface area (Å²) < 4.78 is 26.5. The van der Waals surface area contributed by atoms with Crippen molar-refractivity contribution in [3.05, 3.63) is 47.5 Å². The Morgan fingerprint density at radius 1 is 0.735 bits per heavy atom. The van der Waals surface area contributed by atoms with Crippen LogP contribution in [-0.2, 0) is 9.53 Å². The van der Waals surface area contributed by atoms with Crippen LogP contribution in [0.4, 0.5) is 0 Å². The van der Waals surface area contributed by atoms with Crippen LogP contribution in [0.5, 0.6) is 23.0 Å². The van der Waals surface area contributed by atoms with Gasteiger partial charge < -0.3 is 23.7 Å². The van der Waals surface area contributed by atoms with Gasteiger partial charge in [-0.1, -0.05) is 0 Å². The Labute approximate surface area is 201 Å². The zero-order valence-corrected chi connectivity index (χ0v) is 21.5. The number of rotatable bonds is 11. The van der Waals surface area contributed by atoms with Gasteiger partial charge in [-0.05, 0) is 51.2 Å². The number of hydrogen-bond donors (Lipinski definition) is 0. The lowest BCUT2D eigenvalue weighted by Crippen LogP contribution is -2.24. The molecule has 184 valence electrons. The summed E-state index contributed by atoms with van der Waals surface area (Å²) in [5.41, 5.74) is -1.03. The Hall–Kier alpha value is -3.12. The summed E-state index contributed by atoms with van der Waals surface area (Å²) in [5.74, 6) is 1.10. The predicted molar refractivity (Wildman–Crippen MR) is 130 cm³/mol. The minimum absolute atomic E-state index is 0.0201. The monoisotopic (exact) mass is 490 g/mol. The second-order valence-electron chi connectivity index (χ2n) is 8.23. The van der Waals surface area contributed by atoms with Gasteiger partial charge in [0.2, 0.25) is 0 Å². The lowest BCUT2D eigenvalue weighted by molar-refractivity contribution is -0.154. The zero-order chi connectivity index (χ0) is 25.5. The van der Waals surface area contributed by atoms with E-state index in [9.17, 15) is 14.4 Å². The highest BCUT2D eigenvalue weighted by Gasteiger charge is 2.33. The maximum absolute atomic E-state index is 13.6. The number of carbonyl (C=O) groups excluding carboxylic acids is 3. The average molecular weight is 490 g/mol. The van der Waals surface area contributed by atoms with Crippen LogP contribution in [0.15, 0.2) is 36.4 Å². The maximum atomic E-state index is 13.6. The Morgan fingerprint density at radius 3 is 1.53 bits per heavy atom. The second-order valence-corrected chi connectivity index (χ2v) is 10.3. The van der Waals surface area contributed by atoms with Crippen LogP contribution in [0.3, 0.4) is 0 Å². The van der Waals surface area contributed by atoms with Gasteiger partial charge in [0.05, 0.1) is 46.0 Å². The molecule has 9 heteroatoms. The molecule has 0 heterocycles. The summed E-state index contributed by atoms with van der Waals surface area (Å²) >= 11 is 0. The number of hydrogen-bond acceptors (Lipinski definition) is 8. The molecular weight excluding hydrogens is 459 g/mol. The van der Waals surface area contributed by atoms with E-state index in [1.54, 1.807) is 57.2 Å². The Bertz CT molecular complexity index is 974. The summed E-state index contributed by atoms with van der Waals surface area (Å²) in [7, 11) is 3.87. The maximum Gasteiger partial charge on any atom is 0.306 e. The van der Waals surface area contributed by atoms with Crippen molar-refractivity contribution in [2.24, 2.45) is 0 Å². The van der Waals surface area contributed by atoms with Crippen LogP contribution in [0.2, 0.25) is 0 Å². The fraction of sp³-hybridized carbons (Fsp3) is 0.400. The third-order valence-electron chi connectivity index (χ3n) is 4.73. The number of methoxy groups -OCH3 is 4. The molecule has 0 unspecified atom stereocenters. The molecule has 0 spiro atoms. The fourth-order valence-corrected chi connectivity index (χ4v) is 5.08. The molecule has 2 rings (SSSR count). The van der Waals surface area contributed by atoms with Crippen LogP contribution in [0, 0.1) is 0 Å². The average Bonchev–Trinajstić information content (AvgIpc) is 2.81. The van der Waals surface area contributed by atoms with Gasteiger partial charge in [0.1, 0.15) is 28.6 Å². The van der Waals surface area contributed by atoms with Gasteiger partial charge >= 0.3 is 5.97 Å². The molecule has 0 bridgehead atoms. The molecular formula is C25H31O8P. The van der Waals surface area contributed by atoms with Gasteiger partial charge in [-0.25, -0.2) is 0 Å². The third kappa shape index (κ3) is 6.94. The van der Waals surface area contributed by atoms with Gasteiger partial charge in [0.15, 0.2) is 11.0 Å². The van der Waals surface area contributed by atoms with Crippen LogP contribution in [0.1, 0.15) is 47.9 Å². The van der Waals surface area contributed by atoms with Crippen molar-refractivity contribution in [2.75, 3.05) is 34.6 Å². The first-order valence-electron chi connectivity index (χ1n) is 10.6. The molecule has 8 nitrogen and oxygen atoms in total. The lowest BCUT2D eigenvalue weighted by atomic mass is 10.2. The lowest BCUT2D eigenvalue weighted by Gasteiger charge is -2.21. The minimum atomic E-state index is -2.00. The molecule has 0 aliphatic rings. The van der Waals surface area contributed by atoms with Gasteiger partial charge in [-0.2, -0.15) is 0 Å². The van der Waals surface area contributed by atoms with Crippen molar-refractivity contribution < 1.29 is 38.1 Å². The molecule has 0 fully saturated rings. The van der Waals surface area contributed by atoms with E-state index in [-0.39, 0.29) is 35.2 Å². The minimum Gasteiger partial charge on any atom is -0.497 e. The quantitative estimate of drug-likeness (QED) is 0.324. The van der Waals surface area contributed by atoms with Gasteiger partial charge in [-0.3, -0.25) is 14.4 Å². The van der Waals surface area contributed by atoms with E-state index >= 15 is 0 Å². The number of ether oxygens (including phenoxy) is 5. The van der Waals surface area contributed by atoms with E-state index in [0.29, 0.717) is 11.5 Å². The Balaban J connectivity index is 2.47. The van der Waals surface area contributed by atoms with E-state index in [2.05, 4.69) is 0 Å². The smallest absolute Gasteiger partial charge is 0.306 e. The first-order valence-corrected chi connectivity index (χ1v) is 12.1. The predicted octanol–water partition coefficient (Wildman–Crippen LogP) is 4.92. The molecule has 0 radical (unpaired) electrons. The highest BCUT2D eigenvalue weighted by molar-refractivity contribution is 7.90. The third-order valence-corrected chi connectivity index (χ3v) is 6.86. The molecule has 2 aromatic carbocycles. The molecule has 2 aromatic rings. The molecule has 0 N–H and O–H groups in total. The van der Waals surface area contributed by atoms with Crippen LogP contribution < -0.4 is 18.9 Å². The normalized spacial score (nSPS) is 11.1. The largest absolute Gasteiger partial charge is 0.497 e. The second kappa shape index (κ2) is 11.8. The van der Waals surface area contributed by atoms with E-state index in [1.165, 1.54) is 28.4 Å². The Morgan fingerprint density at radius 2 is 1.18 bits per heavy atom. The number of esters is 1. The van der Waals surface area contributed by atoms with Gasteiger partial charge in [0, 0.05) is 20.1 Å². The van der Waals surface area contributed by atoms with Crippen LogP contribution in [-0.4, -0.2) is 57.2 Å². The van der Waals surface area contributed by atoms with Gasteiger partial charge in [0.25, 0.3) is 0 Å². The van der Waals surface area contributed by atoms with Crippen molar-refractivity contribution in [3.8, 4) is 23.0 Å². The van der Waals surface area contributed by atoms with Crippen molar-refractivity contribution in [1.29, 1.82) is 0 Å². The van der Waals surface area contributed by atoms with Gasteiger partial charge in [-0.15, -0.1) is 0 Å². The van der Waals surface area contributed by atoms with Crippen molar-refractivity contribution in [3.63, 3.8) is 0 Å². The first kappa shape index (κ1) is 27.1. The molecule has 0 saturated heterocycles. The molecule has 0 amide bonds. The molecule has 0 saturated carbocycles. The van der Waals surface area contributed by atoms with Crippen LogP contribution in [0.25, 0.3) is 0 Å². The van der Waals surface area contributed by atoms with E-state index in [1.807, 2.05) is 0 Å². The molecule has 0 atom stereocenters. The van der Waals surface area contributed by atoms with Crippen LogP contribution >= 0.6 is 7.92 Å². The SMILES string of the molecule is COc1ccc(C(=O)P(CCC(=O)OC(C)(C)C)C(=O)c2ccc(OC)cc2OC)c(OC)c1.